The summed E-state index contributed by atoms with van der Waals surface area (Å²) in [5, 5.41) is 26.5. The molecule has 0 amide bonds. The number of ether oxygens (including phenoxy) is 2. The average molecular weight is 392 g/mol. The van der Waals surface area contributed by atoms with E-state index in [-0.39, 0.29) is 32.8 Å². The van der Waals surface area contributed by atoms with Gasteiger partial charge in [0, 0.05) is 19.7 Å². The maximum Gasteiger partial charge on any atom is 0.320 e. The molecule has 0 aromatic carbocycles. The van der Waals surface area contributed by atoms with Gasteiger partial charge in [0.1, 0.15) is 6.61 Å². The second-order valence-electron chi connectivity index (χ2n) is 5.79. The highest BCUT2D eigenvalue weighted by Crippen LogP contribution is 1.96. The number of esters is 1. The quantitative estimate of drug-likeness (QED) is 0.211. The van der Waals surface area contributed by atoms with E-state index in [1.165, 1.54) is 4.90 Å². The van der Waals surface area contributed by atoms with Crippen LogP contribution < -0.4 is 0 Å². The Bertz CT molecular complexity index is 469. The minimum Gasteiger partial charge on any atom is -0.480 e. The van der Waals surface area contributed by atoms with Crippen LogP contribution in [0.3, 0.4) is 0 Å². The number of carboxylic acid groups (broad SMARTS) is 3. The normalized spacial score (nSPS) is 10.9. The van der Waals surface area contributed by atoms with Gasteiger partial charge >= 0.3 is 23.9 Å². The summed E-state index contributed by atoms with van der Waals surface area (Å²) < 4.78 is 10.2. The molecule has 0 bridgehead atoms. The molecule has 0 aliphatic rings. The molecule has 0 fully saturated rings. The molecule has 0 aliphatic carbocycles. The number of hydrogen-bond acceptors (Lipinski definition) is 8. The Morgan fingerprint density at radius 2 is 1.22 bits per heavy atom. The second kappa shape index (κ2) is 14.9. The zero-order chi connectivity index (χ0) is 20.7. The van der Waals surface area contributed by atoms with Gasteiger partial charge in [-0.2, -0.15) is 0 Å². The zero-order valence-electron chi connectivity index (χ0n) is 15.5. The van der Waals surface area contributed by atoms with Crippen LogP contribution in [0.1, 0.15) is 19.8 Å². The largest absolute Gasteiger partial charge is 0.480 e. The van der Waals surface area contributed by atoms with Crippen LogP contribution in [0.25, 0.3) is 0 Å². The summed E-state index contributed by atoms with van der Waals surface area (Å²) in [4.78, 5) is 46.7. The number of aliphatic carboxylic acids is 3. The lowest BCUT2D eigenvalue weighted by Crippen LogP contribution is -2.43. The van der Waals surface area contributed by atoms with Gasteiger partial charge in [-0.3, -0.25) is 29.0 Å². The summed E-state index contributed by atoms with van der Waals surface area (Å²) in [6.07, 6.45) is 1.90. The van der Waals surface area contributed by atoms with Gasteiger partial charge in [0.2, 0.25) is 0 Å². The first-order chi connectivity index (χ1) is 12.7. The Balaban J connectivity index is 4.42. The van der Waals surface area contributed by atoms with Crippen molar-refractivity contribution in [2.75, 3.05) is 59.1 Å². The van der Waals surface area contributed by atoms with Crippen LogP contribution in [0.15, 0.2) is 0 Å². The number of carbonyl (C=O) groups excluding carboxylic acids is 1. The van der Waals surface area contributed by atoms with Gasteiger partial charge in [0.25, 0.3) is 0 Å². The van der Waals surface area contributed by atoms with Crippen LogP contribution in [0.2, 0.25) is 0 Å². The van der Waals surface area contributed by atoms with Crippen molar-refractivity contribution in [1.29, 1.82) is 0 Å². The van der Waals surface area contributed by atoms with Gasteiger partial charge in [-0.15, -0.1) is 0 Å². The van der Waals surface area contributed by atoms with E-state index in [1.54, 1.807) is 0 Å². The van der Waals surface area contributed by atoms with Crippen LogP contribution in [0.5, 0.6) is 0 Å². The molecule has 0 aromatic heterocycles. The second-order valence-corrected chi connectivity index (χ2v) is 5.79. The highest BCUT2D eigenvalue weighted by atomic mass is 16.6. The molecule has 0 unspecified atom stereocenters. The van der Waals surface area contributed by atoms with Crippen LogP contribution >= 0.6 is 0 Å². The lowest BCUT2D eigenvalue weighted by Gasteiger charge is -2.24. The minimum absolute atomic E-state index is 0.00500. The fourth-order valence-electron chi connectivity index (χ4n) is 2.08. The van der Waals surface area contributed by atoms with Crippen LogP contribution in [0, 0.1) is 0 Å². The predicted molar refractivity (Wildman–Crippen MR) is 92.5 cm³/mol. The summed E-state index contributed by atoms with van der Waals surface area (Å²) >= 11 is 0. The van der Waals surface area contributed by atoms with Gasteiger partial charge in [-0.05, 0) is 6.42 Å². The molecule has 0 saturated heterocycles. The fourth-order valence-corrected chi connectivity index (χ4v) is 2.08. The topological polar surface area (TPSA) is 154 Å². The van der Waals surface area contributed by atoms with Crippen LogP contribution in [-0.2, 0) is 28.7 Å². The predicted octanol–water partition coefficient (Wildman–Crippen LogP) is -0.796. The van der Waals surface area contributed by atoms with Crippen molar-refractivity contribution in [3.05, 3.63) is 0 Å². The van der Waals surface area contributed by atoms with Gasteiger partial charge in [-0.1, -0.05) is 13.3 Å². The van der Waals surface area contributed by atoms with Crippen molar-refractivity contribution in [1.82, 2.24) is 9.80 Å². The molecular formula is C16H28N2O9. The van der Waals surface area contributed by atoms with Crippen molar-refractivity contribution in [2.24, 2.45) is 0 Å². The molecule has 0 atom stereocenters. The van der Waals surface area contributed by atoms with Crippen LogP contribution in [-0.4, -0.2) is 108 Å². The van der Waals surface area contributed by atoms with Crippen molar-refractivity contribution in [3.8, 4) is 0 Å². The van der Waals surface area contributed by atoms with E-state index in [2.05, 4.69) is 0 Å². The Morgan fingerprint density at radius 1 is 0.741 bits per heavy atom. The first-order valence-electron chi connectivity index (χ1n) is 8.58. The molecule has 27 heavy (non-hydrogen) atoms. The standard InChI is InChI=1S/C16H28N2O9/c1-2-3-6-26-7-8-27-16(25)12-18(11-15(23)24)5-4-17(9-13(19)20)10-14(21)22/h2-12H2,1H3,(H,19,20)(H,21,22)(H,23,24). The summed E-state index contributed by atoms with van der Waals surface area (Å²) in [5.41, 5.74) is 0. The monoisotopic (exact) mass is 392 g/mol. The molecule has 0 saturated carbocycles. The summed E-state index contributed by atoms with van der Waals surface area (Å²) in [6, 6.07) is 0. The number of carbonyl (C=O) groups is 4. The van der Waals surface area contributed by atoms with E-state index >= 15 is 0 Å². The lowest BCUT2D eigenvalue weighted by atomic mass is 10.4. The van der Waals surface area contributed by atoms with Gasteiger partial charge < -0.3 is 24.8 Å². The number of nitrogens with zero attached hydrogens (tertiary/aromatic N) is 2. The van der Waals surface area contributed by atoms with E-state index in [0.717, 1.165) is 17.7 Å². The molecule has 11 nitrogen and oxygen atoms in total. The molecule has 0 rings (SSSR count). The van der Waals surface area contributed by atoms with E-state index in [0.29, 0.717) is 6.61 Å². The Morgan fingerprint density at radius 3 is 1.67 bits per heavy atom. The fraction of sp³-hybridized carbons (Fsp3) is 0.750. The first kappa shape index (κ1) is 24.8. The Hall–Kier alpha value is -2.24. The van der Waals surface area contributed by atoms with Crippen molar-refractivity contribution in [3.63, 3.8) is 0 Å². The molecule has 0 aliphatic heterocycles. The number of rotatable bonds is 17. The maximum absolute atomic E-state index is 11.8. The summed E-state index contributed by atoms with van der Waals surface area (Å²) in [7, 11) is 0. The zero-order valence-corrected chi connectivity index (χ0v) is 15.5. The Labute approximate surface area is 157 Å². The van der Waals surface area contributed by atoms with Gasteiger partial charge in [0.05, 0.1) is 32.8 Å². The third-order valence-corrected chi connectivity index (χ3v) is 3.29. The lowest BCUT2D eigenvalue weighted by molar-refractivity contribution is -0.149. The molecule has 0 aromatic rings. The van der Waals surface area contributed by atoms with E-state index in [4.69, 9.17) is 24.8 Å². The molecule has 156 valence electrons. The van der Waals surface area contributed by atoms with E-state index < -0.39 is 43.5 Å². The molecule has 0 heterocycles. The summed E-state index contributed by atoms with van der Waals surface area (Å²) in [6.45, 7) is 1.07. The molecule has 0 radical (unpaired) electrons. The molecule has 11 heteroatoms. The SMILES string of the molecule is CCCCOCCOC(=O)CN(CCN(CC(=O)O)CC(=O)O)CC(=O)O. The van der Waals surface area contributed by atoms with Crippen LogP contribution in [0.4, 0.5) is 0 Å². The number of unbranched alkanes of at least 4 members (excludes halogenated alkanes) is 1. The third-order valence-electron chi connectivity index (χ3n) is 3.29. The maximum atomic E-state index is 11.8. The molecule has 0 spiro atoms. The highest BCUT2D eigenvalue weighted by molar-refractivity contribution is 5.74. The van der Waals surface area contributed by atoms with E-state index in [9.17, 15) is 19.2 Å². The van der Waals surface area contributed by atoms with Gasteiger partial charge in [0.15, 0.2) is 0 Å². The Kier molecular flexibility index (Phi) is 13.6. The van der Waals surface area contributed by atoms with Crippen molar-refractivity contribution < 1.29 is 44.0 Å². The number of carboxylic acids is 3. The van der Waals surface area contributed by atoms with E-state index in [1.807, 2.05) is 6.92 Å². The third kappa shape index (κ3) is 15.7. The average Bonchev–Trinajstić information content (AvgIpc) is 2.54. The molecular weight excluding hydrogens is 364 g/mol. The summed E-state index contributed by atoms with van der Waals surface area (Å²) in [5.74, 6) is -4.22. The van der Waals surface area contributed by atoms with Crippen molar-refractivity contribution in [2.45, 2.75) is 19.8 Å². The number of hydrogen-bond donors (Lipinski definition) is 3. The van der Waals surface area contributed by atoms with Crippen molar-refractivity contribution >= 4 is 23.9 Å². The smallest absolute Gasteiger partial charge is 0.320 e. The highest BCUT2D eigenvalue weighted by Gasteiger charge is 2.19. The minimum atomic E-state index is -1.21. The van der Waals surface area contributed by atoms with Gasteiger partial charge in [-0.25, -0.2) is 0 Å². The molecule has 3 N–H and O–H groups in total. The first-order valence-corrected chi connectivity index (χ1v) is 8.58.